The number of aromatic nitrogens is 1. The number of hydrogen-bond donors (Lipinski definition) is 2. The van der Waals surface area contributed by atoms with Crippen molar-refractivity contribution in [1.82, 2.24) is 15.6 Å². The quantitative estimate of drug-likeness (QED) is 0.246. The summed E-state index contributed by atoms with van der Waals surface area (Å²) in [5.74, 6) is 1.90. The number of anilines is 1. The molecule has 2 saturated heterocycles. The minimum absolute atomic E-state index is 0. The molecule has 3 heterocycles. The summed E-state index contributed by atoms with van der Waals surface area (Å²) >= 11 is 0. The Hall–Kier alpha value is -1.13. The summed E-state index contributed by atoms with van der Waals surface area (Å²) in [5, 5.41) is 6.72. The molecule has 2 aliphatic heterocycles. The number of hydrogen-bond acceptors (Lipinski definition) is 5. The number of aliphatic imine (C=N–C) groups is 1. The molecule has 7 nitrogen and oxygen atoms in total. The Morgan fingerprint density at radius 1 is 1.32 bits per heavy atom. The highest BCUT2D eigenvalue weighted by molar-refractivity contribution is 14.0. The molecule has 0 radical (unpaired) electrons. The van der Waals surface area contributed by atoms with Crippen molar-refractivity contribution in [3.05, 3.63) is 23.9 Å². The van der Waals surface area contributed by atoms with Crippen LogP contribution in [0.15, 0.2) is 23.3 Å². The molecule has 0 amide bonds. The average Bonchev–Trinajstić information content (AvgIpc) is 3.24. The van der Waals surface area contributed by atoms with Gasteiger partial charge in [0.1, 0.15) is 5.82 Å². The van der Waals surface area contributed by atoms with Crippen molar-refractivity contribution in [3.8, 4) is 0 Å². The Morgan fingerprint density at radius 3 is 2.93 bits per heavy atom. The fourth-order valence-electron chi connectivity index (χ4n) is 3.45. The Bertz CT molecular complexity index is 590. The number of piperidine rings is 1. The number of ether oxygens (including phenoxy) is 2. The van der Waals surface area contributed by atoms with Crippen molar-refractivity contribution >= 4 is 35.8 Å². The summed E-state index contributed by atoms with van der Waals surface area (Å²) in [6.45, 7) is 6.11. The highest BCUT2D eigenvalue weighted by Gasteiger charge is 2.15. The van der Waals surface area contributed by atoms with E-state index in [2.05, 4.69) is 37.6 Å². The first-order chi connectivity index (χ1) is 13.3. The van der Waals surface area contributed by atoms with Crippen LogP contribution in [0.2, 0.25) is 0 Å². The molecule has 0 bridgehead atoms. The molecule has 3 rings (SSSR count). The summed E-state index contributed by atoms with van der Waals surface area (Å²) in [5.41, 5.74) is 1.22. The maximum atomic E-state index is 5.78. The summed E-state index contributed by atoms with van der Waals surface area (Å²) in [6.07, 6.45) is 8.01. The van der Waals surface area contributed by atoms with Gasteiger partial charge in [-0.2, -0.15) is 0 Å². The van der Waals surface area contributed by atoms with Crippen LogP contribution in [0.4, 0.5) is 5.82 Å². The smallest absolute Gasteiger partial charge is 0.191 e. The zero-order chi connectivity index (χ0) is 18.7. The maximum absolute atomic E-state index is 5.78. The van der Waals surface area contributed by atoms with Gasteiger partial charge in [0.25, 0.3) is 0 Å². The standard InChI is InChI=1S/C20H33N5O2.HI/c1-21-20(23-8-5-12-27-18-7-13-26-16-18)24-15-17-6-9-22-19(14-17)25-10-3-2-4-11-25;/h6,9,14,18H,2-5,7-8,10-13,15-16H2,1H3,(H2,21,23,24);1H. The zero-order valence-corrected chi connectivity index (χ0v) is 19.2. The van der Waals surface area contributed by atoms with Gasteiger partial charge in [-0.1, -0.05) is 0 Å². The average molecular weight is 503 g/mol. The number of halogens is 1. The van der Waals surface area contributed by atoms with Crippen molar-refractivity contribution in [2.24, 2.45) is 4.99 Å². The third kappa shape index (κ3) is 7.71. The lowest BCUT2D eigenvalue weighted by Gasteiger charge is -2.28. The Morgan fingerprint density at radius 2 is 2.18 bits per heavy atom. The molecule has 0 aliphatic carbocycles. The zero-order valence-electron chi connectivity index (χ0n) is 16.9. The molecule has 0 saturated carbocycles. The Labute approximate surface area is 185 Å². The number of guanidine groups is 1. The van der Waals surface area contributed by atoms with Crippen LogP contribution in [0.3, 0.4) is 0 Å². The predicted octanol–water partition coefficient (Wildman–Crippen LogP) is 2.55. The van der Waals surface area contributed by atoms with Crippen LogP contribution in [0, 0.1) is 0 Å². The lowest BCUT2D eigenvalue weighted by Crippen LogP contribution is -2.37. The second-order valence-electron chi connectivity index (χ2n) is 7.13. The van der Waals surface area contributed by atoms with Gasteiger partial charge in [-0.3, -0.25) is 4.99 Å². The highest BCUT2D eigenvalue weighted by Crippen LogP contribution is 2.18. The monoisotopic (exact) mass is 503 g/mol. The maximum Gasteiger partial charge on any atom is 0.191 e. The molecule has 1 aromatic heterocycles. The molecule has 28 heavy (non-hydrogen) atoms. The van der Waals surface area contributed by atoms with E-state index in [1.165, 1.54) is 24.8 Å². The Balaban J connectivity index is 0.00000280. The van der Waals surface area contributed by atoms with Crippen LogP contribution in [-0.4, -0.2) is 63.6 Å². The molecule has 1 aromatic rings. The fraction of sp³-hybridized carbons (Fsp3) is 0.700. The topological polar surface area (TPSA) is 71.0 Å². The van der Waals surface area contributed by atoms with Gasteiger partial charge in [0.05, 0.1) is 12.7 Å². The second-order valence-corrected chi connectivity index (χ2v) is 7.13. The molecule has 0 spiro atoms. The van der Waals surface area contributed by atoms with Crippen molar-refractivity contribution in [1.29, 1.82) is 0 Å². The van der Waals surface area contributed by atoms with Crippen molar-refractivity contribution in [2.45, 2.75) is 44.8 Å². The van der Waals surface area contributed by atoms with Gasteiger partial charge in [0.15, 0.2) is 5.96 Å². The first-order valence-corrected chi connectivity index (χ1v) is 10.2. The lowest BCUT2D eigenvalue weighted by atomic mass is 10.1. The molecule has 1 atom stereocenters. The molecule has 0 aromatic carbocycles. The van der Waals surface area contributed by atoms with Gasteiger partial charge in [-0.15, -0.1) is 24.0 Å². The van der Waals surface area contributed by atoms with Gasteiger partial charge in [0, 0.05) is 52.6 Å². The molecule has 1 unspecified atom stereocenters. The van der Waals surface area contributed by atoms with Crippen molar-refractivity contribution in [3.63, 3.8) is 0 Å². The van der Waals surface area contributed by atoms with Crippen LogP contribution in [0.25, 0.3) is 0 Å². The van der Waals surface area contributed by atoms with E-state index < -0.39 is 0 Å². The van der Waals surface area contributed by atoms with E-state index in [0.29, 0.717) is 0 Å². The molecular formula is C20H34IN5O2. The van der Waals surface area contributed by atoms with Crippen molar-refractivity contribution < 1.29 is 9.47 Å². The van der Waals surface area contributed by atoms with Crippen LogP contribution in [-0.2, 0) is 16.0 Å². The van der Waals surface area contributed by atoms with Crippen LogP contribution >= 0.6 is 24.0 Å². The van der Waals surface area contributed by atoms with Gasteiger partial charge < -0.3 is 25.0 Å². The molecule has 2 fully saturated rings. The van der Waals surface area contributed by atoms with E-state index in [-0.39, 0.29) is 30.1 Å². The van der Waals surface area contributed by atoms with Crippen LogP contribution < -0.4 is 15.5 Å². The van der Waals surface area contributed by atoms with Crippen molar-refractivity contribution in [2.75, 3.05) is 51.4 Å². The number of pyridine rings is 1. The number of nitrogens with one attached hydrogen (secondary N) is 2. The predicted molar refractivity (Wildman–Crippen MR) is 124 cm³/mol. The van der Waals surface area contributed by atoms with Crippen LogP contribution in [0.5, 0.6) is 0 Å². The summed E-state index contributed by atoms with van der Waals surface area (Å²) in [4.78, 5) is 11.2. The van der Waals surface area contributed by atoms with Crippen LogP contribution in [0.1, 0.15) is 37.7 Å². The SMILES string of the molecule is CN=C(NCCCOC1CCOC1)NCc1ccnc(N2CCCCC2)c1.I. The molecular weight excluding hydrogens is 469 g/mol. The molecule has 8 heteroatoms. The molecule has 2 aliphatic rings. The minimum atomic E-state index is 0. The number of nitrogens with zero attached hydrogens (tertiary/aromatic N) is 3. The largest absolute Gasteiger partial charge is 0.379 e. The lowest BCUT2D eigenvalue weighted by molar-refractivity contribution is 0.0420. The van der Waals surface area contributed by atoms with E-state index in [1.54, 1.807) is 7.05 Å². The Kier molecular flexibility index (Phi) is 10.9. The first-order valence-electron chi connectivity index (χ1n) is 10.2. The first kappa shape index (κ1) is 23.2. The van der Waals surface area contributed by atoms with Gasteiger partial charge in [-0.25, -0.2) is 4.98 Å². The van der Waals surface area contributed by atoms with E-state index in [4.69, 9.17) is 9.47 Å². The van der Waals surface area contributed by atoms with E-state index in [0.717, 1.165) is 70.6 Å². The normalized spacial score (nSPS) is 20.0. The third-order valence-electron chi connectivity index (χ3n) is 5.03. The number of rotatable bonds is 8. The third-order valence-corrected chi connectivity index (χ3v) is 5.03. The molecule has 2 N–H and O–H groups in total. The fourth-order valence-corrected chi connectivity index (χ4v) is 3.45. The summed E-state index contributed by atoms with van der Waals surface area (Å²) in [7, 11) is 1.80. The highest BCUT2D eigenvalue weighted by atomic mass is 127. The van der Waals surface area contributed by atoms with Gasteiger partial charge in [-0.05, 0) is 49.8 Å². The van der Waals surface area contributed by atoms with E-state index >= 15 is 0 Å². The molecule has 158 valence electrons. The van der Waals surface area contributed by atoms with Gasteiger partial charge in [0.2, 0.25) is 0 Å². The van der Waals surface area contributed by atoms with E-state index in [1.807, 2.05) is 6.20 Å². The summed E-state index contributed by atoms with van der Waals surface area (Å²) in [6, 6.07) is 4.24. The van der Waals surface area contributed by atoms with Gasteiger partial charge >= 0.3 is 0 Å². The van der Waals surface area contributed by atoms with E-state index in [9.17, 15) is 0 Å². The summed E-state index contributed by atoms with van der Waals surface area (Å²) < 4.78 is 11.1. The minimum Gasteiger partial charge on any atom is -0.379 e. The second kappa shape index (κ2) is 13.2.